The summed E-state index contributed by atoms with van der Waals surface area (Å²) in [6, 6.07) is 13.5. The third-order valence-corrected chi connectivity index (χ3v) is 4.15. The van der Waals surface area contributed by atoms with E-state index in [1.54, 1.807) is 6.92 Å². The highest BCUT2D eigenvalue weighted by Gasteiger charge is 2.13. The minimum absolute atomic E-state index is 0.00529. The third-order valence-electron chi connectivity index (χ3n) is 4.15. The van der Waals surface area contributed by atoms with Gasteiger partial charge in [-0.2, -0.15) is 0 Å². The zero-order chi connectivity index (χ0) is 21.6. The van der Waals surface area contributed by atoms with Crippen LogP contribution in [0, 0.1) is 6.92 Å². The Labute approximate surface area is 159 Å². The van der Waals surface area contributed by atoms with Crippen molar-refractivity contribution in [1.82, 2.24) is 15.0 Å². The summed E-state index contributed by atoms with van der Waals surface area (Å²) in [5.74, 6) is 1.16. The molecule has 0 aliphatic heterocycles. The lowest BCUT2D eigenvalue weighted by molar-refractivity contribution is 0.766. The number of hydrogen-bond acceptors (Lipinski definition) is 3. The molecule has 3 heteroatoms. The number of hydrogen-bond donors (Lipinski definition) is 0. The molecule has 0 saturated heterocycles. The molecule has 0 bridgehead atoms. The lowest BCUT2D eigenvalue weighted by Gasteiger charge is -2.10. The molecule has 0 unspecified atom stereocenters. The topological polar surface area (TPSA) is 38.7 Å². The lowest BCUT2D eigenvalue weighted by atomic mass is 10.1. The van der Waals surface area contributed by atoms with Gasteiger partial charge in [0.05, 0.1) is 5.48 Å². The Balaban J connectivity index is 1.98. The summed E-state index contributed by atoms with van der Waals surface area (Å²) < 4.78 is 33.1. The van der Waals surface area contributed by atoms with E-state index in [9.17, 15) is 0 Å². The second-order valence-corrected chi connectivity index (χ2v) is 6.56. The van der Waals surface area contributed by atoms with Gasteiger partial charge in [0.25, 0.3) is 0 Å². The van der Waals surface area contributed by atoms with Gasteiger partial charge in [-0.15, -0.1) is 0 Å². The summed E-state index contributed by atoms with van der Waals surface area (Å²) in [5.41, 5.74) is 1.21. The van der Waals surface area contributed by atoms with Crippen molar-refractivity contribution in [3.63, 3.8) is 0 Å². The molecule has 3 nitrogen and oxygen atoms in total. The molecule has 0 aliphatic rings. The fraction of sp³-hybridized carbons (Fsp3) is 0.174. The van der Waals surface area contributed by atoms with Crippen LogP contribution in [0.1, 0.15) is 36.6 Å². The van der Waals surface area contributed by atoms with Crippen LogP contribution >= 0.6 is 0 Å². The van der Waals surface area contributed by atoms with E-state index < -0.39 is 0 Å². The first kappa shape index (κ1) is 12.3. The molecule has 128 valence electrons. The standard InChI is InChI=1S/C23H21N3/c1-15(2)21-24-22(18-10-8-16(3)9-11-18)26-23(25-21)20-13-12-17-6-4-5-7-19(17)14-20/h4-15H,1-3H3/i8D,9D,10D,11D. The molecule has 1 aromatic heterocycles. The fourth-order valence-electron chi connectivity index (χ4n) is 2.71. The van der Waals surface area contributed by atoms with E-state index in [-0.39, 0.29) is 41.5 Å². The van der Waals surface area contributed by atoms with Crippen LogP contribution in [0.3, 0.4) is 0 Å². The Morgan fingerprint density at radius 2 is 1.42 bits per heavy atom. The predicted molar refractivity (Wildman–Crippen MR) is 107 cm³/mol. The average Bonchev–Trinajstić information content (AvgIpc) is 2.76. The number of nitrogens with zero attached hydrogens (tertiary/aromatic N) is 3. The highest BCUT2D eigenvalue weighted by atomic mass is 15.0. The van der Waals surface area contributed by atoms with Crippen LogP contribution < -0.4 is 0 Å². The molecule has 0 spiro atoms. The fourth-order valence-corrected chi connectivity index (χ4v) is 2.71. The van der Waals surface area contributed by atoms with E-state index in [4.69, 9.17) is 5.48 Å². The summed E-state index contributed by atoms with van der Waals surface area (Å²) in [4.78, 5) is 13.7. The number of rotatable bonds is 3. The highest BCUT2D eigenvalue weighted by molar-refractivity contribution is 5.86. The van der Waals surface area contributed by atoms with Gasteiger partial charge >= 0.3 is 0 Å². The van der Waals surface area contributed by atoms with Crippen LogP contribution in [0.15, 0.2) is 66.6 Å². The number of fused-ring (bicyclic) bond motifs is 1. The van der Waals surface area contributed by atoms with Crippen LogP contribution in [0.5, 0.6) is 0 Å². The molecule has 4 aromatic rings. The van der Waals surface area contributed by atoms with Gasteiger partial charge in [-0.3, -0.25) is 0 Å². The van der Waals surface area contributed by atoms with E-state index >= 15 is 0 Å². The van der Waals surface area contributed by atoms with E-state index in [1.807, 2.05) is 56.3 Å². The maximum atomic E-state index is 8.38. The van der Waals surface area contributed by atoms with Crippen LogP contribution in [0.2, 0.25) is 0 Å². The second kappa shape index (κ2) is 6.68. The second-order valence-electron chi connectivity index (χ2n) is 6.56. The van der Waals surface area contributed by atoms with E-state index in [1.165, 1.54) is 0 Å². The van der Waals surface area contributed by atoms with Crippen LogP contribution in [-0.4, -0.2) is 15.0 Å². The molecule has 0 amide bonds. The van der Waals surface area contributed by atoms with Crippen molar-refractivity contribution in [3.05, 3.63) is 78.0 Å². The monoisotopic (exact) mass is 343 g/mol. The SMILES string of the molecule is [2H]c1c([2H])c(-c2nc(-c3ccc4ccccc4c3)nc(C(C)C)n2)c([2H])c([2H])c1C. The van der Waals surface area contributed by atoms with Gasteiger partial charge in [-0.25, -0.2) is 15.0 Å². The normalized spacial score (nSPS) is 13.4. The largest absolute Gasteiger partial charge is 0.213 e. The van der Waals surface area contributed by atoms with Gasteiger partial charge in [-0.1, -0.05) is 80.0 Å². The summed E-state index contributed by atoms with van der Waals surface area (Å²) in [7, 11) is 0. The Bertz CT molecular complexity index is 1260. The van der Waals surface area contributed by atoms with Gasteiger partial charge in [0, 0.05) is 17.0 Å². The maximum Gasteiger partial charge on any atom is 0.163 e. The van der Waals surface area contributed by atoms with E-state index in [2.05, 4.69) is 15.0 Å². The molecule has 0 radical (unpaired) electrons. The Hall–Kier alpha value is -3.07. The molecule has 0 fully saturated rings. The van der Waals surface area contributed by atoms with Crippen molar-refractivity contribution in [2.45, 2.75) is 26.7 Å². The van der Waals surface area contributed by atoms with Gasteiger partial charge in [0.15, 0.2) is 11.6 Å². The van der Waals surface area contributed by atoms with Crippen molar-refractivity contribution < 1.29 is 5.48 Å². The summed E-state index contributed by atoms with van der Waals surface area (Å²) in [5, 5.41) is 2.17. The van der Waals surface area contributed by atoms with Crippen LogP contribution in [0.4, 0.5) is 0 Å². The van der Waals surface area contributed by atoms with Gasteiger partial charge in [0.2, 0.25) is 0 Å². The van der Waals surface area contributed by atoms with Crippen molar-refractivity contribution in [1.29, 1.82) is 0 Å². The molecule has 0 atom stereocenters. The minimum atomic E-state index is -0.140. The zero-order valence-corrected chi connectivity index (χ0v) is 15.0. The van der Waals surface area contributed by atoms with Crippen LogP contribution in [0.25, 0.3) is 33.5 Å². The molecule has 3 aromatic carbocycles. The first-order chi connectivity index (χ1) is 14.3. The summed E-state index contributed by atoms with van der Waals surface area (Å²) in [6.45, 7) is 5.51. The number of aromatic nitrogens is 3. The quantitative estimate of drug-likeness (QED) is 0.472. The maximum absolute atomic E-state index is 8.38. The Kier molecular flexibility index (Phi) is 3.16. The highest BCUT2D eigenvalue weighted by Crippen LogP contribution is 2.25. The smallest absolute Gasteiger partial charge is 0.163 e. The van der Waals surface area contributed by atoms with E-state index in [0.29, 0.717) is 17.2 Å². The van der Waals surface area contributed by atoms with Crippen molar-refractivity contribution in [3.8, 4) is 22.8 Å². The molecule has 0 aliphatic carbocycles. The van der Waals surface area contributed by atoms with Crippen LogP contribution in [-0.2, 0) is 0 Å². The third kappa shape index (κ3) is 3.21. The van der Waals surface area contributed by atoms with Gasteiger partial charge < -0.3 is 0 Å². The minimum Gasteiger partial charge on any atom is -0.213 e. The zero-order valence-electron chi connectivity index (χ0n) is 19.0. The molecule has 0 saturated carbocycles. The Morgan fingerprint density at radius 3 is 2.12 bits per heavy atom. The van der Waals surface area contributed by atoms with Gasteiger partial charge in [-0.05, 0) is 23.8 Å². The summed E-state index contributed by atoms with van der Waals surface area (Å²) in [6.07, 6.45) is 0. The molecular formula is C23H21N3. The molecular weight excluding hydrogens is 318 g/mol. The predicted octanol–water partition coefficient (Wildman–Crippen LogP) is 5.79. The summed E-state index contributed by atoms with van der Waals surface area (Å²) >= 11 is 0. The molecule has 0 N–H and O–H groups in total. The molecule has 4 rings (SSSR count). The lowest BCUT2D eigenvalue weighted by Crippen LogP contribution is -2.04. The first-order valence-electron chi connectivity index (χ1n) is 10.6. The van der Waals surface area contributed by atoms with Crippen molar-refractivity contribution in [2.24, 2.45) is 0 Å². The molecule has 26 heavy (non-hydrogen) atoms. The van der Waals surface area contributed by atoms with Crippen molar-refractivity contribution >= 4 is 10.8 Å². The van der Waals surface area contributed by atoms with E-state index in [0.717, 1.165) is 16.3 Å². The Morgan fingerprint density at radius 1 is 0.769 bits per heavy atom. The van der Waals surface area contributed by atoms with Crippen molar-refractivity contribution in [2.75, 3.05) is 0 Å². The average molecular weight is 343 g/mol. The first-order valence-corrected chi connectivity index (χ1v) is 8.60. The number of benzene rings is 3. The molecule has 1 heterocycles. The van der Waals surface area contributed by atoms with Gasteiger partial charge in [0.1, 0.15) is 5.82 Å².